The molecule has 3 N–H and O–H groups in total. The lowest BCUT2D eigenvalue weighted by atomic mass is 10.0. The number of ether oxygens (including phenoxy) is 2. The van der Waals surface area contributed by atoms with Crippen LogP contribution in [0.5, 0.6) is 11.5 Å². The molecule has 0 spiro atoms. The number of methoxy groups -OCH3 is 1. The predicted octanol–water partition coefficient (Wildman–Crippen LogP) is 4.11. The van der Waals surface area contributed by atoms with E-state index in [1.54, 1.807) is 22.9 Å². The predicted molar refractivity (Wildman–Crippen MR) is 139 cm³/mol. The molecule has 3 aromatic carbocycles. The van der Waals surface area contributed by atoms with Gasteiger partial charge < -0.3 is 19.9 Å². The summed E-state index contributed by atoms with van der Waals surface area (Å²) >= 11 is 7.39. The Morgan fingerprint density at radius 2 is 1.92 bits per heavy atom. The van der Waals surface area contributed by atoms with Gasteiger partial charge in [0.15, 0.2) is 18.1 Å². The summed E-state index contributed by atoms with van der Waals surface area (Å²) in [6.45, 7) is -0.493. The number of fused-ring (bicyclic) bond motifs is 3. The standard InChI is InChI=1S/C26H21ClN4O5S/c1-35-21-12-16(8-11-20(21)36-13-22(32)33)24-28-19-5-3-2-4-18(19)23-25(34)29-26(30-31(23)24)37-14-15-6-9-17(27)10-7-15/h2-12,24H,13-14H2,1H3,(H2,29,30,32,33,34)/p+1/t24-/m0/s1. The van der Waals surface area contributed by atoms with Gasteiger partial charge in [-0.2, -0.15) is 0 Å². The smallest absolute Gasteiger partial charge is 0.341 e. The molecule has 0 unspecified atom stereocenters. The van der Waals surface area contributed by atoms with Gasteiger partial charge >= 0.3 is 17.2 Å². The average Bonchev–Trinajstić information content (AvgIpc) is 2.90. The number of aliphatic carboxylic acids is 1. The Morgan fingerprint density at radius 3 is 2.68 bits per heavy atom. The minimum Gasteiger partial charge on any atom is -0.493 e. The van der Waals surface area contributed by atoms with Crippen LogP contribution in [0.15, 0.2) is 76.7 Å². The minimum atomic E-state index is -1.09. The average molecular weight is 538 g/mol. The van der Waals surface area contributed by atoms with Crippen molar-refractivity contribution >= 4 is 35.0 Å². The van der Waals surface area contributed by atoms with Gasteiger partial charge in [-0.1, -0.05) is 47.6 Å². The molecular weight excluding hydrogens is 516 g/mol. The number of H-pyrrole nitrogens is 1. The molecule has 1 aromatic heterocycles. The molecule has 0 bridgehead atoms. The van der Waals surface area contributed by atoms with Gasteiger partial charge in [-0.15, -0.1) is 0 Å². The molecule has 0 saturated heterocycles. The van der Waals surface area contributed by atoms with E-state index in [0.29, 0.717) is 33.1 Å². The Balaban J connectivity index is 1.54. The Bertz CT molecular complexity index is 1530. The summed E-state index contributed by atoms with van der Waals surface area (Å²) in [6.07, 6.45) is -0.537. The van der Waals surface area contributed by atoms with E-state index in [1.165, 1.54) is 18.9 Å². The summed E-state index contributed by atoms with van der Waals surface area (Å²) in [5.41, 5.74) is 3.46. The topological polar surface area (TPSA) is 117 Å². The number of hydrogen-bond acceptors (Lipinski definition) is 7. The molecule has 0 fully saturated rings. The number of para-hydroxylation sites is 1. The molecule has 0 amide bonds. The van der Waals surface area contributed by atoms with E-state index < -0.39 is 18.7 Å². The van der Waals surface area contributed by atoms with Crippen molar-refractivity contribution in [2.45, 2.75) is 17.1 Å². The Labute approximate surface area is 221 Å². The third-order valence-corrected chi connectivity index (χ3v) is 6.91. The molecule has 0 saturated carbocycles. The number of aromatic amines is 1. The molecule has 9 nitrogen and oxygen atoms in total. The first-order valence-electron chi connectivity index (χ1n) is 11.2. The number of aromatic nitrogens is 3. The Morgan fingerprint density at radius 1 is 1.14 bits per heavy atom. The number of nitrogens with one attached hydrogen (secondary N) is 2. The largest absolute Gasteiger partial charge is 0.493 e. The van der Waals surface area contributed by atoms with Crippen LogP contribution in [0.2, 0.25) is 5.02 Å². The van der Waals surface area contributed by atoms with Gasteiger partial charge in [0, 0.05) is 21.4 Å². The highest BCUT2D eigenvalue weighted by Crippen LogP contribution is 2.35. The fourth-order valence-corrected chi connectivity index (χ4v) is 4.96. The Hall–Kier alpha value is -4.02. The number of benzene rings is 3. The molecule has 5 rings (SSSR count). The third kappa shape index (κ3) is 5.25. The summed E-state index contributed by atoms with van der Waals surface area (Å²) in [5, 5.41) is 18.3. The van der Waals surface area contributed by atoms with Crippen molar-refractivity contribution in [2.75, 3.05) is 19.0 Å². The molecule has 1 aliphatic rings. The van der Waals surface area contributed by atoms with Crippen LogP contribution in [0.25, 0.3) is 11.3 Å². The highest BCUT2D eigenvalue weighted by atomic mass is 35.5. The molecule has 0 radical (unpaired) electrons. The summed E-state index contributed by atoms with van der Waals surface area (Å²) in [5.74, 6) is 0.169. The summed E-state index contributed by atoms with van der Waals surface area (Å²) in [6, 6.07) is 20.2. The molecule has 1 atom stereocenters. The number of anilines is 1. The van der Waals surface area contributed by atoms with Crippen molar-refractivity contribution in [3.63, 3.8) is 0 Å². The second-order valence-corrected chi connectivity index (χ2v) is 9.55. The van der Waals surface area contributed by atoms with Crippen molar-refractivity contribution in [3.05, 3.63) is 93.2 Å². The molecule has 4 aromatic rings. The number of halogens is 1. The van der Waals surface area contributed by atoms with E-state index in [1.807, 2.05) is 48.5 Å². The van der Waals surface area contributed by atoms with Gasteiger partial charge in [0.2, 0.25) is 5.16 Å². The lowest BCUT2D eigenvalue weighted by Crippen LogP contribution is -2.55. The maximum Gasteiger partial charge on any atom is 0.341 e. The van der Waals surface area contributed by atoms with Crippen LogP contribution in [0.4, 0.5) is 5.69 Å². The number of carbonyl (C=O) groups is 1. The molecule has 2 heterocycles. The first-order valence-corrected chi connectivity index (χ1v) is 12.6. The number of rotatable bonds is 8. The van der Waals surface area contributed by atoms with Crippen LogP contribution in [-0.2, 0) is 10.5 Å². The molecule has 0 aliphatic carbocycles. The second-order valence-electron chi connectivity index (χ2n) is 8.15. The van der Waals surface area contributed by atoms with Crippen LogP contribution in [0, 0.1) is 0 Å². The van der Waals surface area contributed by atoms with E-state index in [4.69, 9.17) is 31.3 Å². The minimum absolute atomic E-state index is 0.263. The fourth-order valence-electron chi connectivity index (χ4n) is 4.02. The lowest BCUT2D eigenvalue weighted by Gasteiger charge is -2.23. The molecule has 188 valence electrons. The molecule has 37 heavy (non-hydrogen) atoms. The zero-order chi connectivity index (χ0) is 25.9. The van der Waals surface area contributed by atoms with Crippen molar-refractivity contribution in [2.24, 2.45) is 0 Å². The van der Waals surface area contributed by atoms with Crippen LogP contribution >= 0.6 is 23.4 Å². The second kappa shape index (κ2) is 10.5. The first-order chi connectivity index (χ1) is 17.9. The summed E-state index contributed by atoms with van der Waals surface area (Å²) < 4.78 is 12.5. The number of hydrogen-bond donors (Lipinski definition) is 3. The maximum absolute atomic E-state index is 13.3. The van der Waals surface area contributed by atoms with Crippen LogP contribution < -0.4 is 25.0 Å². The van der Waals surface area contributed by atoms with Crippen molar-refractivity contribution in [3.8, 4) is 22.8 Å². The number of nitrogens with zero attached hydrogens (tertiary/aromatic N) is 2. The van der Waals surface area contributed by atoms with E-state index in [9.17, 15) is 9.59 Å². The van der Waals surface area contributed by atoms with Gasteiger partial charge in [-0.3, -0.25) is 9.78 Å². The van der Waals surface area contributed by atoms with E-state index >= 15 is 0 Å². The van der Waals surface area contributed by atoms with Crippen molar-refractivity contribution in [1.82, 2.24) is 10.1 Å². The third-order valence-electron chi connectivity index (χ3n) is 5.73. The highest BCUT2D eigenvalue weighted by Gasteiger charge is 2.38. The van der Waals surface area contributed by atoms with Gasteiger partial charge in [0.05, 0.1) is 18.4 Å². The zero-order valence-corrected chi connectivity index (χ0v) is 21.2. The van der Waals surface area contributed by atoms with Crippen LogP contribution in [0.3, 0.4) is 0 Å². The SMILES string of the molecule is COc1cc([C@H]2Nc3ccccc3-c3c(=O)[nH]c(SCc4ccc(Cl)cc4)n[n+]32)ccc1OCC(=O)O. The first kappa shape index (κ1) is 24.7. The monoisotopic (exact) mass is 537 g/mol. The maximum atomic E-state index is 13.3. The highest BCUT2D eigenvalue weighted by molar-refractivity contribution is 7.98. The number of carboxylic acids is 1. The van der Waals surface area contributed by atoms with E-state index in [0.717, 1.165) is 22.4 Å². The normalized spacial score (nSPS) is 13.7. The van der Waals surface area contributed by atoms with Gasteiger partial charge in [-0.05, 0) is 52.7 Å². The van der Waals surface area contributed by atoms with Crippen molar-refractivity contribution in [1.29, 1.82) is 0 Å². The number of carboxylic acid groups (broad SMARTS) is 1. The molecular formula is C26H22ClN4O5S+. The molecule has 1 aliphatic heterocycles. The Kier molecular flexibility index (Phi) is 7.02. The number of thioether (sulfide) groups is 1. The molecule has 11 heteroatoms. The summed E-state index contributed by atoms with van der Waals surface area (Å²) in [7, 11) is 1.48. The van der Waals surface area contributed by atoms with Crippen molar-refractivity contribution < 1.29 is 24.1 Å². The van der Waals surface area contributed by atoms with Gasteiger partial charge in [0.25, 0.3) is 6.17 Å². The van der Waals surface area contributed by atoms with E-state index in [-0.39, 0.29) is 5.56 Å². The van der Waals surface area contributed by atoms with Crippen LogP contribution in [-0.4, -0.2) is 34.9 Å². The fraction of sp³-hybridized carbons (Fsp3) is 0.154. The van der Waals surface area contributed by atoms with E-state index in [2.05, 4.69) is 10.3 Å². The lowest BCUT2D eigenvalue weighted by molar-refractivity contribution is -0.759. The summed E-state index contributed by atoms with van der Waals surface area (Å²) in [4.78, 5) is 27.2. The van der Waals surface area contributed by atoms with Gasteiger partial charge in [0.1, 0.15) is 0 Å². The van der Waals surface area contributed by atoms with Crippen LogP contribution in [0.1, 0.15) is 17.3 Å². The zero-order valence-electron chi connectivity index (χ0n) is 19.6. The van der Waals surface area contributed by atoms with Gasteiger partial charge in [-0.25, -0.2) is 4.79 Å². The quantitative estimate of drug-likeness (QED) is 0.227.